The van der Waals surface area contributed by atoms with Crippen LogP contribution < -0.4 is 5.46 Å². The Morgan fingerprint density at radius 3 is 1.64 bits per heavy atom. The normalized spacial score (nSPS) is 14.7. The van der Waals surface area contributed by atoms with Crippen molar-refractivity contribution in [2.45, 2.75) is 31.0 Å². The van der Waals surface area contributed by atoms with Gasteiger partial charge in [0.15, 0.2) is 0 Å². The standard InChI is InChI=1S/C13H11BF10O/c15-7-8(11(16,17)18)6-14(9-4-2-1-3-5-9)25-10(12(19,20)21)13(22,23)24/h1-5,8,10H,6-7H2. The molecule has 1 unspecified atom stereocenters. The first-order chi connectivity index (χ1) is 11.3. The SMILES string of the molecule is FCC(CB(OC(C(F)(F)F)C(F)(F)F)c1ccccc1)C(F)(F)F. The molecule has 0 aliphatic carbocycles. The van der Waals surface area contributed by atoms with E-state index < -0.39 is 50.5 Å². The van der Waals surface area contributed by atoms with Crippen molar-refractivity contribution < 1.29 is 48.6 Å². The lowest BCUT2D eigenvalue weighted by atomic mass is 9.55. The first kappa shape index (κ1) is 21.6. The lowest BCUT2D eigenvalue weighted by Crippen LogP contribution is -2.51. The van der Waals surface area contributed by atoms with Crippen LogP contribution >= 0.6 is 0 Å². The smallest absolute Gasteiger partial charge is 0.413 e. The molecule has 142 valence electrons. The number of benzene rings is 1. The number of alkyl halides is 10. The average molecular weight is 384 g/mol. The van der Waals surface area contributed by atoms with Gasteiger partial charge in [-0.05, 0) is 11.8 Å². The van der Waals surface area contributed by atoms with Gasteiger partial charge in [-0.25, -0.2) is 0 Å². The minimum absolute atomic E-state index is 0.358. The molecule has 1 rings (SSSR count). The molecule has 0 saturated carbocycles. The zero-order chi connectivity index (χ0) is 19.5. The molecule has 0 spiro atoms. The highest BCUT2D eigenvalue weighted by Crippen LogP contribution is 2.37. The van der Waals surface area contributed by atoms with E-state index in [1.807, 2.05) is 0 Å². The fourth-order valence-corrected chi connectivity index (χ4v) is 1.98. The van der Waals surface area contributed by atoms with E-state index >= 15 is 0 Å². The molecule has 0 radical (unpaired) electrons. The van der Waals surface area contributed by atoms with E-state index in [-0.39, 0.29) is 5.46 Å². The maximum atomic E-state index is 12.7. The van der Waals surface area contributed by atoms with Gasteiger partial charge in [-0.15, -0.1) is 0 Å². The quantitative estimate of drug-likeness (QED) is 0.517. The lowest BCUT2D eigenvalue weighted by Gasteiger charge is -2.29. The van der Waals surface area contributed by atoms with E-state index in [9.17, 15) is 43.9 Å². The topological polar surface area (TPSA) is 9.23 Å². The van der Waals surface area contributed by atoms with Crippen LogP contribution in [-0.2, 0) is 4.65 Å². The molecule has 1 aromatic rings. The van der Waals surface area contributed by atoms with E-state index in [1.165, 1.54) is 18.2 Å². The zero-order valence-electron chi connectivity index (χ0n) is 12.2. The molecule has 0 heterocycles. The predicted molar refractivity (Wildman–Crippen MR) is 69.1 cm³/mol. The summed E-state index contributed by atoms with van der Waals surface area (Å²) >= 11 is 0. The molecule has 0 fully saturated rings. The first-order valence-corrected chi connectivity index (χ1v) is 6.73. The van der Waals surface area contributed by atoms with Crippen LogP contribution in [-0.4, -0.2) is 38.2 Å². The third-order valence-corrected chi connectivity index (χ3v) is 3.21. The molecule has 0 bridgehead atoms. The molecule has 1 atom stereocenters. The van der Waals surface area contributed by atoms with Crippen LogP contribution in [0.2, 0.25) is 6.32 Å². The average Bonchev–Trinajstić information content (AvgIpc) is 2.44. The van der Waals surface area contributed by atoms with Crippen molar-refractivity contribution in [1.82, 2.24) is 0 Å². The van der Waals surface area contributed by atoms with E-state index in [2.05, 4.69) is 4.65 Å². The molecular weight excluding hydrogens is 373 g/mol. The van der Waals surface area contributed by atoms with E-state index in [0.717, 1.165) is 12.1 Å². The van der Waals surface area contributed by atoms with Crippen molar-refractivity contribution in [2.75, 3.05) is 6.67 Å². The fourth-order valence-electron chi connectivity index (χ4n) is 1.98. The van der Waals surface area contributed by atoms with E-state index in [4.69, 9.17) is 0 Å². The van der Waals surface area contributed by atoms with Gasteiger partial charge in [0.05, 0.1) is 5.92 Å². The van der Waals surface area contributed by atoms with Gasteiger partial charge in [0.25, 0.3) is 0 Å². The van der Waals surface area contributed by atoms with Crippen LogP contribution in [0.4, 0.5) is 43.9 Å². The zero-order valence-corrected chi connectivity index (χ0v) is 12.2. The maximum Gasteiger partial charge on any atom is 0.422 e. The Hall–Kier alpha value is -1.46. The molecule has 1 nitrogen and oxygen atoms in total. The van der Waals surface area contributed by atoms with Crippen molar-refractivity contribution in [3.05, 3.63) is 30.3 Å². The third-order valence-electron chi connectivity index (χ3n) is 3.21. The van der Waals surface area contributed by atoms with Crippen molar-refractivity contribution >= 4 is 12.4 Å². The second-order valence-electron chi connectivity index (χ2n) is 5.13. The first-order valence-electron chi connectivity index (χ1n) is 6.73. The minimum atomic E-state index is -5.89. The summed E-state index contributed by atoms with van der Waals surface area (Å²) < 4.78 is 130. The molecule has 12 heteroatoms. The summed E-state index contributed by atoms with van der Waals surface area (Å²) in [5.41, 5.74) is -0.358. The molecule has 0 aromatic heterocycles. The summed E-state index contributed by atoms with van der Waals surface area (Å²) in [6.07, 6.45) is -22.6. The van der Waals surface area contributed by atoms with Crippen LogP contribution in [0.1, 0.15) is 0 Å². The van der Waals surface area contributed by atoms with Crippen molar-refractivity contribution in [3.63, 3.8) is 0 Å². The van der Waals surface area contributed by atoms with Crippen LogP contribution in [0.3, 0.4) is 0 Å². The van der Waals surface area contributed by atoms with Gasteiger partial charge in [0.1, 0.15) is 6.67 Å². The summed E-state index contributed by atoms with van der Waals surface area (Å²) in [7, 11) is 0. The van der Waals surface area contributed by atoms with Gasteiger partial charge in [-0.2, -0.15) is 39.5 Å². The number of hydrogen-bond donors (Lipinski definition) is 0. The van der Waals surface area contributed by atoms with Crippen LogP contribution in [0, 0.1) is 5.92 Å². The number of halogens is 10. The fraction of sp³-hybridized carbons (Fsp3) is 0.538. The Balaban J connectivity index is 3.19. The van der Waals surface area contributed by atoms with Crippen molar-refractivity contribution in [1.29, 1.82) is 0 Å². The van der Waals surface area contributed by atoms with E-state index in [0.29, 0.717) is 0 Å². The molecule has 25 heavy (non-hydrogen) atoms. The summed E-state index contributed by atoms with van der Waals surface area (Å²) in [4.78, 5) is 0. The van der Waals surface area contributed by atoms with Crippen LogP contribution in [0.25, 0.3) is 0 Å². The van der Waals surface area contributed by atoms with Gasteiger partial charge in [-0.1, -0.05) is 30.3 Å². The van der Waals surface area contributed by atoms with Crippen molar-refractivity contribution in [3.8, 4) is 0 Å². The Morgan fingerprint density at radius 1 is 0.800 bits per heavy atom. The van der Waals surface area contributed by atoms with Gasteiger partial charge in [0.2, 0.25) is 6.10 Å². The Morgan fingerprint density at radius 2 is 1.28 bits per heavy atom. The van der Waals surface area contributed by atoms with Crippen LogP contribution in [0.15, 0.2) is 30.3 Å². The van der Waals surface area contributed by atoms with Gasteiger partial charge in [0, 0.05) is 0 Å². The third kappa shape index (κ3) is 6.41. The Bertz CT molecular complexity index is 510. The highest BCUT2D eigenvalue weighted by Gasteiger charge is 2.59. The monoisotopic (exact) mass is 384 g/mol. The number of rotatable bonds is 6. The Labute approximate surface area is 136 Å². The molecule has 0 N–H and O–H groups in total. The summed E-state index contributed by atoms with van der Waals surface area (Å²) in [5, 5.41) is 0. The van der Waals surface area contributed by atoms with Crippen LogP contribution in [0.5, 0.6) is 0 Å². The van der Waals surface area contributed by atoms with Gasteiger partial charge in [-0.3, -0.25) is 4.39 Å². The second kappa shape index (κ2) is 7.84. The second-order valence-corrected chi connectivity index (χ2v) is 5.13. The van der Waals surface area contributed by atoms with Gasteiger partial charge >= 0.3 is 25.4 Å². The largest absolute Gasteiger partial charge is 0.422 e. The summed E-state index contributed by atoms with van der Waals surface area (Å²) in [5.74, 6) is -2.76. The highest BCUT2D eigenvalue weighted by molar-refractivity contribution is 6.67. The molecule has 0 saturated heterocycles. The molecule has 1 aromatic carbocycles. The lowest BCUT2D eigenvalue weighted by molar-refractivity contribution is -0.301. The predicted octanol–water partition coefficient (Wildman–Crippen LogP) is 4.54. The maximum absolute atomic E-state index is 12.7. The number of hydrogen-bond acceptors (Lipinski definition) is 1. The minimum Gasteiger partial charge on any atom is -0.413 e. The molecule has 0 aliphatic rings. The summed E-state index contributed by atoms with van der Waals surface area (Å²) in [6.45, 7) is -4.25. The molecule has 0 aliphatic heterocycles. The molecule has 0 amide bonds. The molecular formula is C13H11BF10O. The Kier molecular flexibility index (Phi) is 6.77. The summed E-state index contributed by atoms with van der Waals surface area (Å²) in [6, 6.07) is 5.74. The van der Waals surface area contributed by atoms with E-state index in [1.54, 1.807) is 0 Å². The van der Waals surface area contributed by atoms with Crippen molar-refractivity contribution in [2.24, 2.45) is 5.92 Å². The highest BCUT2D eigenvalue weighted by atomic mass is 19.4. The van der Waals surface area contributed by atoms with Gasteiger partial charge < -0.3 is 4.65 Å².